The Hall–Kier alpha value is -2.44. The summed E-state index contributed by atoms with van der Waals surface area (Å²) < 4.78 is 52.5. The van der Waals surface area contributed by atoms with E-state index in [9.17, 15) is 36.1 Å². The zero-order chi connectivity index (χ0) is 23.5. The number of β-lactam (4-membered cyclic amide) rings is 1. The van der Waals surface area contributed by atoms with E-state index in [-0.39, 0.29) is 21.0 Å². The Labute approximate surface area is 186 Å². The van der Waals surface area contributed by atoms with Crippen LogP contribution in [0.4, 0.5) is 5.13 Å². The maximum absolute atomic E-state index is 12.7. The number of aromatic nitrogens is 1. The van der Waals surface area contributed by atoms with Gasteiger partial charge in [-0.1, -0.05) is 5.16 Å². The summed E-state index contributed by atoms with van der Waals surface area (Å²) in [5.41, 5.74) is -1.13. The van der Waals surface area contributed by atoms with Crippen molar-refractivity contribution < 1.29 is 41.0 Å². The van der Waals surface area contributed by atoms with Crippen LogP contribution in [0.15, 0.2) is 21.1 Å². The SMILES string of the molecule is CON=C(C(=O)NC1C(=O)N(S(=O)(=O)O)C1=C(C)S(=O)O)c1csc(NC(=O)CCl)n1. The number of anilines is 1. The molecule has 170 valence electrons. The number of oxime groups is 1. The molecule has 2 rings (SSSR count). The van der Waals surface area contributed by atoms with Crippen LogP contribution in [-0.2, 0) is 40.6 Å². The quantitative estimate of drug-likeness (QED) is 0.0851. The molecule has 4 N–H and O–H groups in total. The van der Waals surface area contributed by atoms with Crippen molar-refractivity contribution in [3.8, 4) is 0 Å². The lowest BCUT2D eigenvalue weighted by molar-refractivity contribution is -0.135. The number of allylic oxidation sites excluding steroid dienone is 1. The summed E-state index contributed by atoms with van der Waals surface area (Å²) in [7, 11) is -3.97. The highest BCUT2D eigenvalue weighted by atomic mass is 35.5. The summed E-state index contributed by atoms with van der Waals surface area (Å²) >= 11 is 3.61. The molecule has 1 aromatic rings. The number of nitrogens with zero attached hydrogens (tertiary/aromatic N) is 3. The van der Waals surface area contributed by atoms with Crippen molar-refractivity contribution in [1.29, 1.82) is 0 Å². The van der Waals surface area contributed by atoms with Gasteiger partial charge in [0.05, 0.1) is 10.6 Å². The Kier molecular flexibility index (Phi) is 7.84. The fourth-order valence-electron chi connectivity index (χ4n) is 2.30. The minimum atomic E-state index is -5.09. The van der Waals surface area contributed by atoms with Gasteiger partial charge in [0, 0.05) is 5.38 Å². The molecule has 31 heavy (non-hydrogen) atoms. The molecule has 2 unspecified atom stereocenters. The lowest BCUT2D eigenvalue weighted by Crippen LogP contribution is -2.64. The molecule has 0 aliphatic carbocycles. The number of alkyl halides is 1. The van der Waals surface area contributed by atoms with E-state index in [1.807, 2.05) is 0 Å². The standard InChI is InChI=1S/C13H14ClN5O9S3/c1-5(30(23)24)10-9(12(22)19(10)31(25,26)27)17-11(21)8(18-28-2)6-4-29-13(15-6)16-7(20)3-14/h4,9H,3H2,1-2H3,(H,17,21)(H,23,24)(H,15,16,20)(H,25,26,27). The van der Waals surface area contributed by atoms with Gasteiger partial charge in [-0.3, -0.25) is 18.9 Å². The first-order valence-electron chi connectivity index (χ1n) is 7.79. The normalized spacial score (nSPS) is 19.4. The molecule has 1 aromatic heterocycles. The van der Waals surface area contributed by atoms with Gasteiger partial charge in [0.2, 0.25) is 5.91 Å². The van der Waals surface area contributed by atoms with Gasteiger partial charge in [-0.15, -0.1) is 22.9 Å². The largest absolute Gasteiger partial charge is 0.398 e. The summed E-state index contributed by atoms with van der Waals surface area (Å²) in [5.74, 6) is -3.22. The zero-order valence-electron chi connectivity index (χ0n) is 15.6. The van der Waals surface area contributed by atoms with Crippen molar-refractivity contribution in [2.75, 3.05) is 18.3 Å². The molecule has 2 atom stereocenters. The van der Waals surface area contributed by atoms with Crippen LogP contribution in [-0.4, -0.2) is 73.5 Å². The first-order chi connectivity index (χ1) is 14.4. The van der Waals surface area contributed by atoms with Gasteiger partial charge in [-0.05, 0) is 6.92 Å². The highest BCUT2D eigenvalue weighted by Crippen LogP contribution is 2.31. The van der Waals surface area contributed by atoms with Crippen molar-refractivity contribution in [3.05, 3.63) is 21.7 Å². The van der Waals surface area contributed by atoms with Gasteiger partial charge >= 0.3 is 10.3 Å². The Morgan fingerprint density at radius 3 is 2.65 bits per heavy atom. The van der Waals surface area contributed by atoms with E-state index in [1.165, 1.54) is 5.38 Å². The monoisotopic (exact) mass is 515 g/mol. The van der Waals surface area contributed by atoms with Crippen molar-refractivity contribution in [1.82, 2.24) is 14.6 Å². The van der Waals surface area contributed by atoms with Gasteiger partial charge in [-0.2, -0.15) is 12.7 Å². The Bertz CT molecular complexity index is 1110. The summed E-state index contributed by atoms with van der Waals surface area (Å²) in [4.78, 5) is 44.2. The van der Waals surface area contributed by atoms with E-state index < -0.39 is 61.5 Å². The number of carbonyl (C=O) groups is 3. The molecule has 0 radical (unpaired) electrons. The maximum Gasteiger partial charge on any atom is 0.366 e. The highest BCUT2D eigenvalue weighted by molar-refractivity contribution is 7.84. The topological polar surface area (TPSA) is 205 Å². The van der Waals surface area contributed by atoms with E-state index in [0.717, 1.165) is 25.4 Å². The number of hydrogen-bond acceptors (Lipinski definition) is 10. The minimum Gasteiger partial charge on any atom is -0.398 e. The van der Waals surface area contributed by atoms with Crippen molar-refractivity contribution >= 4 is 72.9 Å². The molecule has 3 amide bonds. The minimum absolute atomic E-state index is 0.0689. The van der Waals surface area contributed by atoms with Gasteiger partial charge in [0.15, 0.2) is 28.0 Å². The number of carbonyl (C=O) groups excluding carboxylic acids is 3. The summed E-state index contributed by atoms with van der Waals surface area (Å²) in [6, 6.07) is -1.68. The van der Waals surface area contributed by atoms with Crippen LogP contribution in [0.2, 0.25) is 0 Å². The van der Waals surface area contributed by atoms with E-state index in [2.05, 4.69) is 25.6 Å². The number of rotatable bonds is 8. The van der Waals surface area contributed by atoms with Crippen LogP contribution in [0.3, 0.4) is 0 Å². The third-order valence-electron chi connectivity index (χ3n) is 3.58. The summed E-state index contributed by atoms with van der Waals surface area (Å²) in [6.07, 6.45) is 0. The first-order valence-corrected chi connectivity index (χ1v) is 11.7. The molecule has 14 nitrogen and oxygen atoms in total. The predicted molar refractivity (Wildman–Crippen MR) is 109 cm³/mol. The molecule has 0 spiro atoms. The lowest BCUT2D eigenvalue weighted by Gasteiger charge is -2.39. The average Bonchev–Trinajstić information content (AvgIpc) is 3.13. The van der Waals surface area contributed by atoms with Crippen LogP contribution in [0.25, 0.3) is 0 Å². The lowest BCUT2D eigenvalue weighted by atomic mass is 10.0. The Morgan fingerprint density at radius 2 is 2.13 bits per heavy atom. The van der Waals surface area contributed by atoms with Crippen LogP contribution in [0.1, 0.15) is 12.6 Å². The maximum atomic E-state index is 12.7. The highest BCUT2D eigenvalue weighted by Gasteiger charge is 2.52. The molecule has 0 aromatic carbocycles. The van der Waals surface area contributed by atoms with Crippen molar-refractivity contribution in [2.45, 2.75) is 13.0 Å². The second-order valence-electron chi connectivity index (χ2n) is 5.52. The molecular formula is C13H14ClN5O9S3. The molecule has 1 aliphatic heterocycles. The number of nitrogens with one attached hydrogen (secondary N) is 2. The molecule has 2 heterocycles. The molecule has 0 saturated carbocycles. The van der Waals surface area contributed by atoms with E-state index in [1.54, 1.807) is 0 Å². The predicted octanol–water partition coefficient (Wildman–Crippen LogP) is -0.746. The first kappa shape index (κ1) is 24.8. The van der Waals surface area contributed by atoms with Crippen LogP contribution >= 0.6 is 22.9 Å². The molecule has 18 heteroatoms. The van der Waals surface area contributed by atoms with E-state index in [4.69, 9.17) is 11.6 Å². The summed E-state index contributed by atoms with van der Waals surface area (Å²) in [5, 5.41) is 9.42. The number of hydrogen-bond donors (Lipinski definition) is 4. The smallest absolute Gasteiger partial charge is 0.366 e. The molecule has 1 saturated heterocycles. The van der Waals surface area contributed by atoms with Gasteiger partial charge in [-0.25, -0.2) is 9.19 Å². The third-order valence-corrected chi connectivity index (χ3v) is 6.15. The van der Waals surface area contributed by atoms with E-state index >= 15 is 0 Å². The summed E-state index contributed by atoms with van der Waals surface area (Å²) in [6.45, 7) is 1.03. The van der Waals surface area contributed by atoms with Crippen LogP contribution < -0.4 is 10.6 Å². The molecule has 1 fully saturated rings. The fraction of sp³-hybridized carbons (Fsp3) is 0.308. The second-order valence-corrected chi connectivity index (χ2v) is 9.02. The van der Waals surface area contributed by atoms with Gasteiger partial charge in [0.1, 0.15) is 18.7 Å². The van der Waals surface area contributed by atoms with Crippen LogP contribution in [0.5, 0.6) is 0 Å². The second kappa shape index (κ2) is 9.79. The number of amides is 3. The number of halogens is 1. The van der Waals surface area contributed by atoms with Crippen LogP contribution in [0, 0.1) is 0 Å². The van der Waals surface area contributed by atoms with Crippen molar-refractivity contribution in [2.24, 2.45) is 5.16 Å². The molecule has 0 bridgehead atoms. The number of thiazole rings is 1. The molecule has 1 aliphatic rings. The average molecular weight is 516 g/mol. The van der Waals surface area contributed by atoms with Crippen molar-refractivity contribution in [3.63, 3.8) is 0 Å². The fourth-order valence-corrected chi connectivity index (χ4v) is 4.34. The zero-order valence-corrected chi connectivity index (χ0v) is 18.8. The van der Waals surface area contributed by atoms with Gasteiger partial charge < -0.3 is 20.0 Å². The van der Waals surface area contributed by atoms with E-state index in [0.29, 0.717) is 0 Å². The Balaban J connectivity index is 2.33. The molecular weight excluding hydrogens is 502 g/mol. The third kappa shape index (κ3) is 5.43. The van der Waals surface area contributed by atoms with Gasteiger partial charge in [0.25, 0.3) is 11.8 Å². The Morgan fingerprint density at radius 1 is 1.48 bits per heavy atom.